The van der Waals surface area contributed by atoms with Crippen molar-refractivity contribution in [3.8, 4) is 23.0 Å². The molecule has 7 nitrogen and oxygen atoms in total. The molecule has 0 unspecified atom stereocenters. The molecule has 0 bridgehead atoms. The molecule has 3 aromatic rings. The van der Waals surface area contributed by atoms with Crippen molar-refractivity contribution in [1.29, 1.82) is 0 Å². The molecule has 0 amide bonds. The summed E-state index contributed by atoms with van der Waals surface area (Å²) in [4.78, 5) is 17.6. The summed E-state index contributed by atoms with van der Waals surface area (Å²) in [6.45, 7) is 4.89. The fraction of sp³-hybridized carbons (Fsp3) is 0.304. The largest absolute Gasteiger partial charge is 0.493 e. The van der Waals surface area contributed by atoms with Crippen LogP contribution in [0.1, 0.15) is 36.2 Å². The van der Waals surface area contributed by atoms with E-state index in [0.717, 1.165) is 6.42 Å². The minimum Gasteiger partial charge on any atom is -0.493 e. The Morgan fingerprint density at radius 2 is 1.65 bits per heavy atom. The Labute approximate surface area is 187 Å². The molecule has 0 aliphatic rings. The van der Waals surface area contributed by atoms with Gasteiger partial charge in [0, 0.05) is 28.9 Å². The molecule has 2 N–H and O–H groups in total. The van der Waals surface area contributed by atoms with Crippen LogP contribution >= 0.6 is 12.4 Å². The van der Waals surface area contributed by atoms with Crippen LogP contribution in [0.15, 0.2) is 36.7 Å². The number of carbonyl (C=O) groups excluding carboxylic acids is 1. The zero-order valence-electron chi connectivity index (χ0n) is 18.1. The third kappa shape index (κ3) is 4.77. The van der Waals surface area contributed by atoms with E-state index in [1.165, 1.54) is 20.4 Å². The van der Waals surface area contributed by atoms with Crippen LogP contribution in [0.25, 0.3) is 10.8 Å². The summed E-state index contributed by atoms with van der Waals surface area (Å²) in [5, 5.41) is 1.36. The van der Waals surface area contributed by atoms with Crippen LogP contribution in [0.5, 0.6) is 23.0 Å². The van der Waals surface area contributed by atoms with Gasteiger partial charge in [0.1, 0.15) is 5.75 Å². The topological polar surface area (TPSA) is 92.9 Å². The number of carbonyl (C=O) groups is 1. The Balaban J connectivity index is 0.00000341. The van der Waals surface area contributed by atoms with E-state index in [-0.39, 0.29) is 18.2 Å². The zero-order chi connectivity index (χ0) is 21.7. The average Bonchev–Trinajstić information content (AvgIpc) is 2.78. The van der Waals surface area contributed by atoms with Gasteiger partial charge in [-0.25, -0.2) is 0 Å². The Hall–Kier alpha value is -3.19. The molecule has 0 saturated carbocycles. The van der Waals surface area contributed by atoms with Crippen LogP contribution in [-0.4, -0.2) is 38.2 Å². The molecule has 0 radical (unpaired) electrons. The second-order valence-electron chi connectivity index (χ2n) is 6.58. The van der Waals surface area contributed by atoms with Crippen molar-refractivity contribution in [2.75, 3.05) is 33.2 Å². The molecule has 0 aliphatic carbocycles. The number of aromatic nitrogens is 1. The number of rotatable bonds is 9. The van der Waals surface area contributed by atoms with E-state index in [9.17, 15) is 4.79 Å². The number of ether oxygens (including phenoxy) is 4. The first kappa shape index (κ1) is 24.1. The van der Waals surface area contributed by atoms with Crippen LogP contribution < -0.4 is 24.7 Å². The lowest BCUT2D eigenvalue weighted by molar-refractivity contribution is 0.103. The van der Waals surface area contributed by atoms with E-state index in [1.807, 2.05) is 19.9 Å². The van der Waals surface area contributed by atoms with Crippen LogP contribution in [0, 0.1) is 0 Å². The smallest absolute Gasteiger partial charge is 0.203 e. The maximum Gasteiger partial charge on any atom is 0.203 e. The molecular weight excluding hydrogens is 420 g/mol. The fourth-order valence-corrected chi connectivity index (χ4v) is 3.22. The fourth-order valence-electron chi connectivity index (χ4n) is 3.22. The predicted molar refractivity (Wildman–Crippen MR) is 123 cm³/mol. The van der Waals surface area contributed by atoms with Crippen LogP contribution in [0.4, 0.5) is 5.69 Å². The van der Waals surface area contributed by atoms with E-state index in [4.69, 9.17) is 24.7 Å². The second kappa shape index (κ2) is 10.7. The SMILES string of the molecule is CCCOc1c(OC)cc(C(=O)c2cncc3c(N)c(OCC)ccc23)cc1OC.Cl. The summed E-state index contributed by atoms with van der Waals surface area (Å²) < 4.78 is 22.2. The Bertz CT molecular complexity index is 1050. The Morgan fingerprint density at radius 1 is 0.968 bits per heavy atom. The molecule has 0 spiro atoms. The molecular formula is C23H27ClN2O5. The van der Waals surface area contributed by atoms with E-state index in [0.29, 0.717) is 63.8 Å². The highest BCUT2D eigenvalue weighted by Crippen LogP contribution is 2.40. The van der Waals surface area contributed by atoms with E-state index >= 15 is 0 Å². The van der Waals surface area contributed by atoms with Crippen LogP contribution in [0.3, 0.4) is 0 Å². The van der Waals surface area contributed by atoms with Gasteiger partial charge in [0.2, 0.25) is 5.75 Å². The molecule has 166 valence electrons. The molecule has 0 aliphatic heterocycles. The standard InChI is InChI=1S/C23H26N2O5.ClH/c1-5-9-30-23-19(27-3)10-14(11-20(23)28-4)22(26)17-13-25-12-16-15(17)7-8-18(21(16)24)29-6-2;/h7-8,10-13H,5-6,9,24H2,1-4H3;1H. The van der Waals surface area contributed by atoms with Gasteiger partial charge < -0.3 is 24.7 Å². The van der Waals surface area contributed by atoms with E-state index in [1.54, 1.807) is 24.4 Å². The maximum atomic E-state index is 13.4. The highest BCUT2D eigenvalue weighted by atomic mass is 35.5. The van der Waals surface area contributed by atoms with Crippen molar-refractivity contribution < 1.29 is 23.7 Å². The molecule has 1 aromatic heterocycles. The first-order valence-electron chi connectivity index (χ1n) is 9.78. The number of hydrogen-bond acceptors (Lipinski definition) is 7. The van der Waals surface area contributed by atoms with E-state index in [2.05, 4.69) is 4.98 Å². The van der Waals surface area contributed by atoms with Crippen LogP contribution in [0.2, 0.25) is 0 Å². The third-order valence-electron chi connectivity index (χ3n) is 4.66. The summed E-state index contributed by atoms with van der Waals surface area (Å²) in [7, 11) is 3.05. The number of methoxy groups -OCH3 is 2. The lowest BCUT2D eigenvalue weighted by Gasteiger charge is -2.16. The number of anilines is 1. The number of halogens is 1. The summed E-state index contributed by atoms with van der Waals surface area (Å²) in [5.74, 6) is 1.67. The van der Waals surface area contributed by atoms with Gasteiger partial charge in [0.15, 0.2) is 17.3 Å². The number of pyridine rings is 1. The molecule has 0 atom stereocenters. The van der Waals surface area contributed by atoms with Gasteiger partial charge in [-0.1, -0.05) is 6.92 Å². The lowest BCUT2D eigenvalue weighted by atomic mass is 9.98. The molecule has 2 aromatic carbocycles. The van der Waals surface area contributed by atoms with Crippen molar-refractivity contribution in [3.63, 3.8) is 0 Å². The average molecular weight is 447 g/mol. The monoisotopic (exact) mass is 446 g/mol. The molecule has 0 fully saturated rings. The van der Waals surface area contributed by atoms with Gasteiger partial charge in [-0.05, 0) is 43.0 Å². The summed E-state index contributed by atoms with van der Waals surface area (Å²) in [5.41, 5.74) is 7.51. The zero-order valence-corrected chi connectivity index (χ0v) is 18.9. The number of fused-ring (bicyclic) bond motifs is 1. The van der Waals surface area contributed by atoms with Crippen LogP contribution in [-0.2, 0) is 0 Å². The summed E-state index contributed by atoms with van der Waals surface area (Å²) >= 11 is 0. The number of hydrogen-bond donors (Lipinski definition) is 1. The van der Waals surface area contributed by atoms with Gasteiger partial charge in [-0.2, -0.15) is 0 Å². The molecule has 8 heteroatoms. The van der Waals surface area contributed by atoms with Gasteiger partial charge >= 0.3 is 0 Å². The molecule has 31 heavy (non-hydrogen) atoms. The van der Waals surface area contributed by atoms with Gasteiger partial charge in [-0.15, -0.1) is 12.4 Å². The van der Waals surface area contributed by atoms with Gasteiger partial charge in [0.25, 0.3) is 0 Å². The molecule has 1 heterocycles. The summed E-state index contributed by atoms with van der Waals surface area (Å²) in [6, 6.07) is 6.87. The second-order valence-corrected chi connectivity index (χ2v) is 6.58. The van der Waals surface area contributed by atoms with Crippen molar-refractivity contribution in [2.24, 2.45) is 0 Å². The van der Waals surface area contributed by atoms with E-state index < -0.39 is 0 Å². The van der Waals surface area contributed by atoms with Crippen molar-refractivity contribution >= 4 is 34.7 Å². The minimum absolute atomic E-state index is 0. The van der Waals surface area contributed by atoms with Gasteiger partial charge in [0.05, 0.1) is 33.1 Å². The highest BCUT2D eigenvalue weighted by Gasteiger charge is 2.21. The van der Waals surface area contributed by atoms with Crippen molar-refractivity contribution in [1.82, 2.24) is 4.98 Å². The Kier molecular flexibility index (Phi) is 8.33. The van der Waals surface area contributed by atoms with Crippen molar-refractivity contribution in [2.45, 2.75) is 20.3 Å². The first-order valence-corrected chi connectivity index (χ1v) is 9.78. The van der Waals surface area contributed by atoms with Crippen molar-refractivity contribution in [3.05, 3.63) is 47.8 Å². The lowest BCUT2D eigenvalue weighted by Crippen LogP contribution is -2.07. The molecule has 0 saturated heterocycles. The minimum atomic E-state index is -0.227. The highest BCUT2D eigenvalue weighted by molar-refractivity contribution is 6.18. The predicted octanol–water partition coefficient (Wildman–Crippen LogP) is 4.67. The number of ketones is 1. The van der Waals surface area contributed by atoms with Gasteiger partial charge in [-0.3, -0.25) is 9.78 Å². The molecule has 3 rings (SSSR count). The number of nitrogens with zero attached hydrogens (tertiary/aromatic N) is 1. The number of nitrogen functional groups attached to an aromatic ring is 1. The normalized spacial score (nSPS) is 10.3. The Morgan fingerprint density at radius 3 is 2.23 bits per heavy atom. The number of benzene rings is 2. The number of nitrogens with two attached hydrogens (primary N) is 1. The maximum absolute atomic E-state index is 13.4. The third-order valence-corrected chi connectivity index (χ3v) is 4.66. The summed E-state index contributed by atoms with van der Waals surface area (Å²) in [6.07, 6.45) is 4.00. The first-order chi connectivity index (χ1) is 14.5. The quantitative estimate of drug-likeness (QED) is 0.377.